The normalized spacial score (nSPS) is 33.2. The number of amides is 1. The number of benzene rings is 1. The Morgan fingerprint density at radius 1 is 1.11 bits per heavy atom. The highest BCUT2D eigenvalue weighted by molar-refractivity contribution is 5.82. The number of likely N-dealkylation sites (tertiary alicyclic amines) is 1. The first-order valence-corrected chi connectivity index (χ1v) is 10.9. The molecule has 150 valence electrons. The zero-order chi connectivity index (χ0) is 19.5. The van der Waals surface area contributed by atoms with Crippen LogP contribution in [-0.4, -0.2) is 36.5 Å². The van der Waals surface area contributed by atoms with Crippen LogP contribution in [0.4, 0.5) is 0 Å². The number of nitrogens with zero attached hydrogens (tertiary/aromatic N) is 1. The number of hydrogen-bond donors (Lipinski definition) is 0. The first-order valence-electron chi connectivity index (χ1n) is 10.9. The van der Waals surface area contributed by atoms with E-state index in [4.69, 9.17) is 4.74 Å². The van der Waals surface area contributed by atoms with E-state index in [2.05, 4.69) is 43.0 Å². The average Bonchev–Trinajstić information content (AvgIpc) is 3.23. The van der Waals surface area contributed by atoms with Gasteiger partial charge in [0.2, 0.25) is 5.91 Å². The Labute approximate surface area is 167 Å². The zero-order valence-electron chi connectivity index (χ0n) is 17.1. The van der Waals surface area contributed by atoms with Gasteiger partial charge in [-0.15, -0.1) is 0 Å². The van der Waals surface area contributed by atoms with Crippen molar-refractivity contribution in [1.29, 1.82) is 0 Å². The van der Waals surface area contributed by atoms with Crippen LogP contribution in [0.1, 0.15) is 75.3 Å². The van der Waals surface area contributed by atoms with E-state index < -0.39 is 0 Å². The lowest BCUT2D eigenvalue weighted by Gasteiger charge is -2.52. The summed E-state index contributed by atoms with van der Waals surface area (Å²) >= 11 is 0. The van der Waals surface area contributed by atoms with E-state index in [9.17, 15) is 9.59 Å². The topological polar surface area (TPSA) is 46.6 Å². The lowest BCUT2D eigenvalue weighted by atomic mass is 9.60. The molecule has 1 unspecified atom stereocenters. The summed E-state index contributed by atoms with van der Waals surface area (Å²) in [7, 11) is 0. The minimum Gasteiger partial charge on any atom is -0.465 e. The molecule has 5 rings (SSSR count). The second-order valence-corrected chi connectivity index (χ2v) is 10.4. The Morgan fingerprint density at radius 2 is 1.82 bits per heavy atom. The predicted octanol–water partition coefficient (Wildman–Crippen LogP) is 4.25. The molecule has 0 bridgehead atoms. The maximum atomic E-state index is 12.8. The van der Waals surface area contributed by atoms with Crippen molar-refractivity contribution in [1.82, 2.24) is 4.90 Å². The molecule has 1 aromatic rings. The van der Waals surface area contributed by atoms with Crippen LogP contribution in [0.2, 0.25) is 0 Å². The van der Waals surface area contributed by atoms with Gasteiger partial charge >= 0.3 is 5.97 Å². The number of rotatable bonds is 3. The van der Waals surface area contributed by atoms with Crippen molar-refractivity contribution >= 4 is 11.9 Å². The minimum absolute atomic E-state index is 0.0133. The van der Waals surface area contributed by atoms with E-state index in [1.165, 1.54) is 30.4 Å². The summed E-state index contributed by atoms with van der Waals surface area (Å²) in [5.41, 5.74) is 3.22. The van der Waals surface area contributed by atoms with Gasteiger partial charge in [-0.25, -0.2) is 0 Å². The van der Waals surface area contributed by atoms with Gasteiger partial charge in [0.1, 0.15) is 0 Å². The molecule has 4 heteroatoms. The average molecular weight is 382 g/mol. The predicted molar refractivity (Wildman–Crippen MR) is 107 cm³/mol. The molecule has 0 radical (unpaired) electrons. The molecular formula is C24H31NO3. The van der Waals surface area contributed by atoms with Crippen molar-refractivity contribution < 1.29 is 14.3 Å². The van der Waals surface area contributed by atoms with Crippen molar-refractivity contribution in [2.24, 2.45) is 16.7 Å². The van der Waals surface area contributed by atoms with Crippen molar-refractivity contribution in [3.8, 4) is 0 Å². The lowest BCUT2D eigenvalue weighted by Crippen LogP contribution is -2.60. The number of carbonyl (C=O) groups excluding carboxylic acids is 2. The highest BCUT2D eigenvalue weighted by atomic mass is 16.5. The summed E-state index contributed by atoms with van der Waals surface area (Å²) < 4.78 is 5.13. The highest BCUT2D eigenvalue weighted by Gasteiger charge is 2.56. The fourth-order valence-corrected chi connectivity index (χ4v) is 6.17. The van der Waals surface area contributed by atoms with Crippen LogP contribution < -0.4 is 0 Å². The number of esters is 1. The third-order valence-electron chi connectivity index (χ3n) is 7.91. The van der Waals surface area contributed by atoms with E-state index in [1.807, 2.05) is 0 Å². The maximum Gasteiger partial charge on any atom is 0.306 e. The summed E-state index contributed by atoms with van der Waals surface area (Å²) in [6.45, 7) is 6.87. The first-order chi connectivity index (χ1) is 13.4. The van der Waals surface area contributed by atoms with Crippen LogP contribution in [0.25, 0.3) is 0 Å². The molecule has 1 amide bonds. The number of cyclic esters (lactones) is 1. The molecule has 2 saturated carbocycles. The van der Waals surface area contributed by atoms with Gasteiger partial charge in [0.05, 0.1) is 13.0 Å². The van der Waals surface area contributed by atoms with E-state index in [0.29, 0.717) is 36.2 Å². The zero-order valence-corrected chi connectivity index (χ0v) is 17.1. The largest absolute Gasteiger partial charge is 0.465 e. The molecular weight excluding hydrogens is 350 g/mol. The third kappa shape index (κ3) is 2.96. The van der Waals surface area contributed by atoms with Gasteiger partial charge in [-0.1, -0.05) is 38.1 Å². The minimum atomic E-state index is -0.0905. The molecule has 4 fully saturated rings. The van der Waals surface area contributed by atoms with Gasteiger partial charge in [-0.2, -0.15) is 0 Å². The standard InChI is InChI=1S/C24H31NO3/c1-16(2)17-3-5-18(6-4-17)19-7-8-23(9-19)13-25(14-23)22(27)20-10-24(11-20)12-21(26)28-15-24/h3-6,16,19-20H,7-15H2,1-2H3. The highest BCUT2D eigenvalue weighted by Crippen LogP contribution is 2.55. The van der Waals surface area contributed by atoms with Gasteiger partial charge in [0, 0.05) is 29.8 Å². The Hall–Kier alpha value is -1.84. The number of ether oxygens (including phenoxy) is 1. The lowest BCUT2D eigenvalue weighted by molar-refractivity contribution is -0.155. The second-order valence-electron chi connectivity index (χ2n) is 10.4. The van der Waals surface area contributed by atoms with Crippen LogP contribution in [0.3, 0.4) is 0 Å². The van der Waals surface area contributed by atoms with E-state index in [1.54, 1.807) is 0 Å². The number of hydrogen-bond acceptors (Lipinski definition) is 3. The molecule has 4 nitrogen and oxygen atoms in total. The first kappa shape index (κ1) is 18.2. The molecule has 4 aliphatic rings. The smallest absolute Gasteiger partial charge is 0.306 e. The Balaban J connectivity index is 1.14. The third-order valence-corrected chi connectivity index (χ3v) is 7.91. The SMILES string of the molecule is CC(C)c1ccc(C2CCC3(C2)CN(C(=O)C2CC4(COC(=O)C4)C2)C3)cc1. The molecule has 28 heavy (non-hydrogen) atoms. The molecule has 2 aliphatic heterocycles. The van der Waals surface area contributed by atoms with Gasteiger partial charge in [-0.05, 0) is 55.1 Å². The van der Waals surface area contributed by atoms with Crippen molar-refractivity contribution in [3.05, 3.63) is 35.4 Å². The summed E-state index contributed by atoms with van der Waals surface area (Å²) in [4.78, 5) is 26.3. The van der Waals surface area contributed by atoms with Crippen LogP contribution in [0, 0.1) is 16.7 Å². The summed E-state index contributed by atoms with van der Waals surface area (Å²) in [5.74, 6) is 1.57. The molecule has 2 heterocycles. The van der Waals surface area contributed by atoms with Gasteiger partial charge in [0.15, 0.2) is 0 Å². The van der Waals surface area contributed by atoms with Gasteiger partial charge in [-0.3, -0.25) is 9.59 Å². The van der Waals surface area contributed by atoms with Crippen molar-refractivity contribution in [3.63, 3.8) is 0 Å². The van der Waals surface area contributed by atoms with Crippen LogP contribution in [-0.2, 0) is 14.3 Å². The summed E-state index contributed by atoms with van der Waals surface area (Å²) in [6, 6.07) is 9.20. The molecule has 1 atom stereocenters. The molecule has 2 aliphatic carbocycles. The molecule has 1 aromatic carbocycles. The molecule has 0 aromatic heterocycles. The Bertz CT molecular complexity index is 785. The van der Waals surface area contributed by atoms with Gasteiger partial charge in [0.25, 0.3) is 0 Å². The fourth-order valence-electron chi connectivity index (χ4n) is 6.17. The monoisotopic (exact) mass is 381 g/mol. The summed E-state index contributed by atoms with van der Waals surface area (Å²) in [5, 5.41) is 0. The quantitative estimate of drug-likeness (QED) is 0.736. The van der Waals surface area contributed by atoms with E-state index in [-0.39, 0.29) is 17.3 Å². The van der Waals surface area contributed by atoms with E-state index >= 15 is 0 Å². The summed E-state index contributed by atoms with van der Waals surface area (Å²) in [6.07, 6.45) is 5.89. The van der Waals surface area contributed by atoms with E-state index in [0.717, 1.165) is 25.9 Å². The van der Waals surface area contributed by atoms with Crippen LogP contribution in [0.15, 0.2) is 24.3 Å². The molecule has 2 spiro atoms. The van der Waals surface area contributed by atoms with Crippen molar-refractivity contribution in [2.75, 3.05) is 19.7 Å². The Morgan fingerprint density at radius 3 is 2.43 bits per heavy atom. The fraction of sp³-hybridized carbons (Fsp3) is 0.667. The van der Waals surface area contributed by atoms with Crippen LogP contribution in [0.5, 0.6) is 0 Å². The second kappa shape index (κ2) is 6.33. The van der Waals surface area contributed by atoms with Crippen molar-refractivity contribution in [2.45, 2.75) is 64.2 Å². The van der Waals surface area contributed by atoms with Gasteiger partial charge < -0.3 is 9.64 Å². The Kier molecular flexibility index (Phi) is 4.12. The molecule has 2 saturated heterocycles. The maximum absolute atomic E-state index is 12.8. The number of carbonyl (C=O) groups is 2. The van der Waals surface area contributed by atoms with Crippen LogP contribution >= 0.6 is 0 Å². The molecule has 0 N–H and O–H groups in total.